The third-order valence-corrected chi connectivity index (χ3v) is 3.44. The molecule has 2 rings (SSSR count). The van der Waals surface area contributed by atoms with Gasteiger partial charge in [0.15, 0.2) is 5.69 Å². The second kappa shape index (κ2) is 7.19. The van der Waals surface area contributed by atoms with Crippen molar-refractivity contribution in [2.24, 2.45) is 0 Å². The first-order chi connectivity index (χ1) is 9.74. The van der Waals surface area contributed by atoms with Crippen molar-refractivity contribution in [1.29, 1.82) is 0 Å². The normalized spacial score (nSPS) is 18.9. The molecular formula is C14H22N4O2. The average Bonchev–Trinajstić information content (AvgIpc) is 2.52. The summed E-state index contributed by atoms with van der Waals surface area (Å²) < 4.78 is 5.33. The van der Waals surface area contributed by atoms with Crippen LogP contribution in [-0.4, -0.2) is 53.9 Å². The Morgan fingerprint density at radius 1 is 1.50 bits per heavy atom. The maximum atomic E-state index is 12.3. The first-order valence-electron chi connectivity index (χ1n) is 7.14. The van der Waals surface area contributed by atoms with Crippen molar-refractivity contribution in [3.8, 4) is 0 Å². The molecule has 1 unspecified atom stereocenters. The lowest BCUT2D eigenvalue weighted by molar-refractivity contribution is 0.0265. The van der Waals surface area contributed by atoms with E-state index in [1.807, 2.05) is 0 Å². The molecular weight excluding hydrogens is 256 g/mol. The molecule has 2 heterocycles. The van der Waals surface area contributed by atoms with Crippen LogP contribution in [0, 0.1) is 0 Å². The van der Waals surface area contributed by atoms with Crippen molar-refractivity contribution in [3.63, 3.8) is 0 Å². The topological polar surface area (TPSA) is 67.4 Å². The highest BCUT2D eigenvalue weighted by Crippen LogP contribution is 2.15. The van der Waals surface area contributed by atoms with Gasteiger partial charge in [0.2, 0.25) is 0 Å². The second-order valence-electron chi connectivity index (χ2n) is 4.98. The molecule has 1 amide bonds. The van der Waals surface area contributed by atoms with E-state index in [0.717, 1.165) is 32.4 Å². The zero-order valence-electron chi connectivity index (χ0n) is 12.1. The number of hydrogen-bond donors (Lipinski definition) is 1. The number of piperidine rings is 1. The van der Waals surface area contributed by atoms with Crippen molar-refractivity contribution >= 4 is 11.7 Å². The summed E-state index contributed by atoms with van der Waals surface area (Å²) in [5.74, 6) is 0.637. The van der Waals surface area contributed by atoms with Crippen LogP contribution in [-0.2, 0) is 4.74 Å². The molecule has 1 fully saturated rings. The van der Waals surface area contributed by atoms with Gasteiger partial charge in [-0.15, -0.1) is 10.2 Å². The lowest BCUT2D eigenvalue weighted by Crippen LogP contribution is -2.43. The summed E-state index contributed by atoms with van der Waals surface area (Å²) in [5.41, 5.74) is 0.392. The summed E-state index contributed by atoms with van der Waals surface area (Å²) in [7, 11) is 1.69. The number of carbonyl (C=O) groups excluding carboxylic acids is 1. The molecule has 1 N–H and O–H groups in total. The summed E-state index contributed by atoms with van der Waals surface area (Å²) in [6.45, 7) is 4.33. The van der Waals surface area contributed by atoms with Crippen molar-refractivity contribution in [3.05, 3.63) is 17.8 Å². The van der Waals surface area contributed by atoms with E-state index < -0.39 is 0 Å². The highest BCUT2D eigenvalue weighted by molar-refractivity contribution is 5.92. The highest BCUT2D eigenvalue weighted by Gasteiger charge is 2.25. The minimum absolute atomic E-state index is 0.0682. The van der Waals surface area contributed by atoms with Crippen LogP contribution in [0.2, 0.25) is 0 Å². The molecule has 1 saturated heterocycles. The van der Waals surface area contributed by atoms with E-state index in [2.05, 4.69) is 22.4 Å². The predicted molar refractivity (Wildman–Crippen MR) is 76.7 cm³/mol. The Labute approximate surface area is 119 Å². The van der Waals surface area contributed by atoms with Gasteiger partial charge < -0.3 is 15.0 Å². The minimum atomic E-state index is -0.0682. The van der Waals surface area contributed by atoms with Crippen LogP contribution in [0.5, 0.6) is 0 Å². The number of likely N-dealkylation sites (tertiary alicyclic amines) is 1. The fourth-order valence-electron chi connectivity index (χ4n) is 2.27. The molecule has 1 atom stereocenters. The van der Waals surface area contributed by atoms with Crippen LogP contribution in [0.25, 0.3) is 0 Å². The molecule has 1 aliphatic heterocycles. The molecule has 0 radical (unpaired) electrons. The number of rotatable bonds is 5. The van der Waals surface area contributed by atoms with Gasteiger partial charge in [0.05, 0.1) is 6.10 Å². The van der Waals surface area contributed by atoms with Crippen molar-refractivity contribution < 1.29 is 9.53 Å². The standard InChI is InChI=1S/C14H22N4O2/c1-3-8-15-13-7-6-12(16-17-13)14(19)18-9-4-5-11(10-18)20-2/h6-7,11H,3-5,8-10H2,1-2H3,(H,15,17). The van der Waals surface area contributed by atoms with Crippen molar-refractivity contribution in [2.75, 3.05) is 32.1 Å². The van der Waals surface area contributed by atoms with Gasteiger partial charge in [-0.1, -0.05) is 6.92 Å². The zero-order chi connectivity index (χ0) is 14.4. The zero-order valence-corrected chi connectivity index (χ0v) is 12.1. The van der Waals surface area contributed by atoms with E-state index in [-0.39, 0.29) is 12.0 Å². The van der Waals surface area contributed by atoms with Gasteiger partial charge in [-0.25, -0.2) is 0 Å². The average molecular weight is 278 g/mol. The SMILES string of the molecule is CCCNc1ccc(C(=O)N2CCCC(OC)C2)nn1. The molecule has 6 heteroatoms. The van der Waals surface area contributed by atoms with E-state index >= 15 is 0 Å². The number of aromatic nitrogens is 2. The van der Waals surface area contributed by atoms with Crippen molar-refractivity contribution in [2.45, 2.75) is 32.3 Å². The Hall–Kier alpha value is -1.69. The van der Waals surface area contributed by atoms with E-state index in [1.54, 1.807) is 24.1 Å². The molecule has 0 spiro atoms. The van der Waals surface area contributed by atoms with Gasteiger partial charge in [0.1, 0.15) is 5.82 Å². The van der Waals surface area contributed by atoms with Crippen LogP contribution in [0.15, 0.2) is 12.1 Å². The van der Waals surface area contributed by atoms with E-state index in [4.69, 9.17) is 4.74 Å². The van der Waals surface area contributed by atoms with Crippen LogP contribution >= 0.6 is 0 Å². The number of nitrogens with zero attached hydrogens (tertiary/aromatic N) is 3. The number of carbonyl (C=O) groups is 1. The number of methoxy groups -OCH3 is 1. The Morgan fingerprint density at radius 2 is 2.35 bits per heavy atom. The Morgan fingerprint density at radius 3 is 3.00 bits per heavy atom. The summed E-state index contributed by atoms with van der Waals surface area (Å²) in [6.07, 6.45) is 3.12. The maximum absolute atomic E-state index is 12.3. The molecule has 20 heavy (non-hydrogen) atoms. The van der Waals surface area contributed by atoms with E-state index in [0.29, 0.717) is 18.1 Å². The van der Waals surface area contributed by atoms with Gasteiger partial charge in [-0.2, -0.15) is 0 Å². The van der Waals surface area contributed by atoms with E-state index in [9.17, 15) is 4.79 Å². The molecule has 0 aromatic carbocycles. The molecule has 0 saturated carbocycles. The number of anilines is 1. The summed E-state index contributed by atoms with van der Waals surface area (Å²) >= 11 is 0. The monoisotopic (exact) mass is 278 g/mol. The fraction of sp³-hybridized carbons (Fsp3) is 0.643. The summed E-state index contributed by atoms with van der Waals surface area (Å²) in [5, 5.41) is 11.2. The van der Waals surface area contributed by atoms with Crippen molar-refractivity contribution in [1.82, 2.24) is 15.1 Å². The molecule has 1 aliphatic rings. The minimum Gasteiger partial charge on any atom is -0.380 e. The highest BCUT2D eigenvalue weighted by atomic mass is 16.5. The number of ether oxygens (including phenoxy) is 1. The smallest absolute Gasteiger partial charge is 0.274 e. The molecule has 0 aliphatic carbocycles. The van der Waals surface area contributed by atoms with Gasteiger partial charge in [-0.3, -0.25) is 4.79 Å². The molecule has 1 aromatic rings. The van der Waals surface area contributed by atoms with E-state index in [1.165, 1.54) is 0 Å². The second-order valence-corrected chi connectivity index (χ2v) is 4.98. The van der Waals surface area contributed by atoms with Gasteiger partial charge >= 0.3 is 0 Å². The maximum Gasteiger partial charge on any atom is 0.274 e. The molecule has 6 nitrogen and oxygen atoms in total. The summed E-state index contributed by atoms with van der Waals surface area (Å²) in [6, 6.07) is 3.53. The fourth-order valence-corrected chi connectivity index (χ4v) is 2.27. The molecule has 110 valence electrons. The van der Waals surface area contributed by atoms with Crippen LogP contribution in [0.1, 0.15) is 36.7 Å². The Bertz CT molecular complexity index is 435. The third kappa shape index (κ3) is 3.66. The first kappa shape index (κ1) is 14.7. The Balaban J connectivity index is 1.98. The lowest BCUT2D eigenvalue weighted by atomic mass is 10.1. The van der Waals surface area contributed by atoms with Crippen LogP contribution in [0.3, 0.4) is 0 Å². The quantitative estimate of drug-likeness (QED) is 0.885. The number of nitrogens with one attached hydrogen (secondary N) is 1. The van der Waals surface area contributed by atoms with Crippen LogP contribution in [0.4, 0.5) is 5.82 Å². The molecule has 1 aromatic heterocycles. The lowest BCUT2D eigenvalue weighted by Gasteiger charge is -2.31. The first-order valence-corrected chi connectivity index (χ1v) is 7.14. The third-order valence-electron chi connectivity index (χ3n) is 3.44. The summed E-state index contributed by atoms with van der Waals surface area (Å²) in [4.78, 5) is 14.1. The Kier molecular flexibility index (Phi) is 5.29. The van der Waals surface area contributed by atoms with Crippen LogP contribution < -0.4 is 5.32 Å². The number of hydrogen-bond acceptors (Lipinski definition) is 5. The number of amides is 1. The van der Waals surface area contributed by atoms with Gasteiger partial charge in [-0.05, 0) is 31.4 Å². The van der Waals surface area contributed by atoms with Gasteiger partial charge in [0.25, 0.3) is 5.91 Å². The predicted octanol–water partition coefficient (Wildman–Crippen LogP) is 1.55. The largest absolute Gasteiger partial charge is 0.380 e. The van der Waals surface area contributed by atoms with Gasteiger partial charge in [0, 0.05) is 26.7 Å². The molecule has 0 bridgehead atoms.